The van der Waals surface area contributed by atoms with Crippen LogP contribution in [0.2, 0.25) is 0 Å². The van der Waals surface area contributed by atoms with Crippen molar-refractivity contribution in [2.45, 2.75) is 12.2 Å². The summed E-state index contributed by atoms with van der Waals surface area (Å²) in [5, 5.41) is 15.6. The molecule has 0 saturated heterocycles. The van der Waals surface area contributed by atoms with Gasteiger partial charge in [-0.15, -0.1) is 0 Å². The molecule has 0 aliphatic carbocycles. The van der Waals surface area contributed by atoms with E-state index >= 15 is 0 Å². The van der Waals surface area contributed by atoms with Gasteiger partial charge in [-0.05, 0) is 48.9 Å². The number of benzene rings is 3. The molecule has 0 spiro atoms. The molecular formula is C25H20FN3O2S. The number of aryl methyl sites for hydroxylation is 1. The fourth-order valence-electron chi connectivity index (χ4n) is 3.80. The molecule has 32 heavy (non-hydrogen) atoms. The molecule has 3 aromatic carbocycles. The summed E-state index contributed by atoms with van der Waals surface area (Å²) in [4.78, 5) is 4.98. The molecule has 7 heteroatoms. The van der Waals surface area contributed by atoms with Gasteiger partial charge < -0.3 is 9.84 Å². The number of phenols is 1. The van der Waals surface area contributed by atoms with Crippen molar-refractivity contribution in [2.75, 3.05) is 7.11 Å². The van der Waals surface area contributed by atoms with Gasteiger partial charge in [0.2, 0.25) is 0 Å². The molecule has 0 radical (unpaired) electrons. The number of hydrogen-bond acceptors (Lipinski definition) is 5. The zero-order chi connectivity index (χ0) is 22.2. The highest BCUT2D eigenvalue weighted by atomic mass is 32.2. The minimum atomic E-state index is -0.301. The summed E-state index contributed by atoms with van der Waals surface area (Å²) in [6, 6.07) is 21.6. The van der Waals surface area contributed by atoms with E-state index in [1.807, 2.05) is 49.4 Å². The lowest BCUT2D eigenvalue weighted by Crippen LogP contribution is -2.10. The number of rotatable bonds is 4. The summed E-state index contributed by atoms with van der Waals surface area (Å²) in [7, 11) is 1.53. The topological polar surface area (TPSA) is 59.6 Å². The second-order valence-corrected chi connectivity index (χ2v) is 8.52. The molecule has 0 amide bonds. The van der Waals surface area contributed by atoms with Crippen LogP contribution in [0.1, 0.15) is 27.6 Å². The van der Waals surface area contributed by atoms with Crippen LogP contribution in [0.4, 0.5) is 10.2 Å². The minimum absolute atomic E-state index is 0.0907. The minimum Gasteiger partial charge on any atom is -0.504 e. The smallest absolute Gasteiger partial charge is 0.161 e. The Morgan fingerprint density at radius 2 is 1.78 bits per heavy atom. The summed E-state index contributed by atoms with van der Waals surface area (Å²) < 4.78 is 20.6. The Balaban J connectivity index is 1.72. The number of aliphatic imine (C=N–C) groups is 1. The van der Waals surface area contributed by atoms with Crippen molar-refractivity contribution in [3.8, 4) is 17.2 Å². The molecular weight excluding hydrogens is 425 g/mol. The quantitative estimate of drug-likeness (QED) is 0.422. The largest absolute Gasteiger partial charge is 0.504 e. The SMILES string of the molecule is COc1cc([C@H]2SC(c3ccccc3)=Nc3c2c(C)nn3-c2ccc(F)cc2)ccc1O. The van der Waals surface area contributed by atoms with Crippen LogP contribution in [0.5, 0.6) is 11.5 Å². The van der Waals surface area contributed by atoms with Gasteiger partial charge in [0.15, 0.2) is 17.3 Å². The summed E-state index contributed by atoms with van der Waals surface area (Å²) in [6.45, 7) is 1.95. The summed E-state index contributed by atoms with van der Waals surface area (Å²) in [6.07, 6.45) is 0. The molecule has 0 unspecified atom stereocenters. The Labute approximate surface area is 189 Å². The number of halogens is 1. The lowest BCUT2D eigenvalue weighted by atomic mass is 10.0. The van der Waals surface area contributed by atoms with Crippen LogP contribution in [-0.4, -0.2) is 27.0 Å². The highest BCUT2D eigenvalue weighted by Gasteiger charge is 2.32. The Bertz CT molecular complexity index is 1320. The third-order valence-electron chi connectivity index (χ3n) is 5.38. The van der Waals surface area contributed by atoms with Crippen LogP contribution in [0.25, 0.3) is 5.69 Å². The lowest BCUT2D eigenvalue weighted by Gasteiger charge is -2.24. The van der Waals surface area contributed by atoms with E-state index in [9.17, 15) is 9.50 Å². The molecule has 0 fully saturated rings. The first-order valence-corrected chi connectivity index (χ1v) is 11.0. The van der Waals surface area contributed by atoms with E-state index in [0.29, 0.717) is 11.6 Å². The molecule has 5 nitrogen and oxygen atoms in total. The maximum absolute atomic E-state index is 13.5. The second-order valence-electron chi connectivity index (χ2n) is 7.42. The molecule has 5 rings (SSSR count). The van der Waals surface area contributed by atoms with Crippen LogP contribution in [0, 0.1) is 12.7 Å². The predicted molar refractivity (Wildman–Crippen MR) is 125 cm³/mol. The predicted octanol–water partition coefficient (Wildman–Crippen LogP) is 5.95. The van der Waals surface area contributed by atoms with Crippen LogP contribution < -0.4 is 4.74 Å². The van der Waals surface area contributed by atoms with E-state index in [1.165, 1.54) is 19.2 Å². The van der Waals surface area contributed by atoms with Gasteiger partial charge in [-0.3, -0.25) is 0 Å². The van der Waals surface area contributed by atoms with Crippen LogP contribution in [-0.2, 0) is 0 Å². The first-order chi connectivity index (χ1) is 15.5. The first-order valence-electron chi connectivity index (χ1n) is 10.1. The van der Waals surface area contributed by atoms with Crippen molar-refractivity contribution in [2.24, 2.45) is 4.99 Å². The zero-order valence-corrected chi connectivity index (χ0v) is 18.3. The molecule has 160 valence electrons. The third kappa shape index (κ3) is 3.54. The van der Waals surface area contributed by atoms with Crippen molar-refractivity contribution < 1.29 is 14.2 Å². The third-order valence-corrected chi connectivity index (χ3v) is 6.67. The van der Waals surface area contributed by atoms with Gasteiger partial charge in [-0.1, -0.05) is 48.2 Å². The number of methoxy groups -OCH3 is 1. The first kappa shape index (κ1) is 20.3. The number of phenolic OH excluding ortho intramolecular Hbond substituents is 1. The van der Waals surface area contributed by atoms with Gasteiger partial charge in [0.25, 0.3) is 0 Å². The normalized spacial score (nSPS) is 15.2. The molecule has 4 aromatic rings. The molecule has 1 atom stereocenters. The van der Waals surface area contributed by atoms with Crippen LogP contribution >= 0.6 is 11.8 Å². The Morgan fingerprint density at radius 3 is 2.50 bits per heavy atom. The summed E-state index contributed by atoms with van der Waals surface area (Å²) in [5.41, 5.74) is 4.52. The number of aromatic hydroxyl groups is 1. The number of ether oxygens (including phenoxy) is 1. The van der Waals surface area contributed by atoms with Crippen molar-refractivity contribution in [3.63, 3.8) is 0 Å². The van der Waals surface area contributed by atoms with Gasteiger partial charge in [0.1, 0.15) is 10.9 Å². The lowest BCUT2D eigenvalue weighted by molar-refractivity contribution is 0.373. The van der Waals surface area contributed by atoms with E-state index in [-0.39, 0.29) is 16.8 Å². The zero-order valence-electron chi connectivity index (χ0n) is 17.5. The highest BCUT2D eigenvalue weighted by molar-refractivity contribution is 8.14. The average Bonchev–Trinajstić information content (AvgIpc) is 3.16. The van der Waals surface area contributed by atoms with E-state index in [1.54, 1.807) is 34.6 Å². The van der Waals surface area contributed by atoms with E-state index in [2.05, 4.69) is 0 Å². The second kappa shape index (κ2) is 8.16. The maximum atomic E-state index is 13.5. The fourth-order valence-corrected chi connectivity index (χ4v) is 5.11. The van der Waals surface area contributed by atoms with Gasteiger partial charge in [-0.2, -0.15) is 5.10 Å². The highest BCUT2D eigenvalue weighted by Crippen LogP contribution is 2.49. The molecule has 1 aliphatic heterocycles. The van der Waals surface area contributed by atoms with Crippen molar-refractivity contribution in [1.82, 2.24) is 9.78 Å². The van der Waals surface area contributed by atoms with Crippen LogP contribution in [0.3, 0.4) is 0 Å². The molecule has 0 bridgehead atoms. The van der Waals surface area contributed by atoms with Gasteiger partial charge in [-0.25, -0.2) is 14.1 Å². The van der Waals surface area contributed by atoms with E-state index < -0.39 is 0 Å². The van der Waals surface area contributed by atoms with Crippen molar-refractivity contribution in [1.29, 1.82) is 0 Å². The standard InChI is InChI=1S/C25H20FN3O2S/c1-15-22-23(17-8-13-20(30)21(14-17)31-2)32-25(16-6-4-3-5-7-16)27-24(22)29(28-15)19-11-9-18(26)10-12-19/h3-14,23,30H,1-2H3/t23-/m1/s1. The average molecular weight is 446 g/mol. The van der Waals surface area contributed by atoms with E-state index in [0.717, 1.165) is 33.1 Å². The maximum Gasteiger partial charge on any atom is 0.161 e. The van der Waals surface area contributed by atoms with Crippen LogP contribution in [0.15, 0.2) is 77.8 Å². The Kier molecular flexibility index (Phi) is 5.19. The van der Waals surface area contributed by atoms with Gasteiger partial charge in [0.05, 0.1) is 23.7 Å². The number of thioether (sulfide) groups is 1. The monoisotopic (exact) mass is 445 g/mol. The Hall–Kier alpha value is -3.58. The molecule has 1 N–H and O–H groups in total. The molecule has 1 aliphatic rings. The molecule has 1 aromatic heterocycles. The fraction of sp³-hybridized carbons (Fsp3) is 0.120. The Morgan fingerprint density at radius 1 is 1.03 bits per heavy atom. The van der Waals surface area contributed by atoms with Crippen molar-refractivity contribution in [3.05, 3.63) is 101 Å². The summed E-state index contributed by atoms with van der Waals surface area (Å²) in [5.74, 6) is 0.915. The van der Waals surface area contributed by atoms with E-state index in [4.69, 9.17) is 14.8 Å². The van der Waals surface area contributed by atoms with Gasteiger partial charge in [0, 0.05) is 11.1 Å². The summed E-state index contributed by atoms with van der Waals surface area (Å²) >= 11 is 1.63. The number of fused-ring (bicyclic) bond motifs is 1. The van der Waals surface area contributed by atoms with Gasteiger partial charge >= 0.3 is 0 Å². The van der Waals surface area contributed by atoms with Crippen molar-refractivity contribution >= 4 is 22.6 Å². The molecule has 2 heterocycles. The number of aromatic nitrogens is 2. The molecule has 0 saturated carbocycles. The number of hydrogen-bond donors (Lipinski definition) is 1. The number of nitrogens with zero attached hydrogens (tertiary/aromatic N) is 3.